The number of carbonyl (C=O) groups excluding carboxylic acids is 1. The van der Waals surface area contributed by atoms with Gasteiger partial charge in [0.2, 0.25) is 0 Å². The molecular weight excluding hydrogens is 333 g/mol. The number of carbonyl (C=O) groups is 1. The third-order valence-electron chi connectivity index (χ3n) is 4.13. The van der Waals surface area contributed by atoms with Gasteiger partial charge in [0, 0.05) is 11.3 Å². The zero-order valence-electron chi connectivity index (χ0n) is 14.9. The van der Waals surface area contributed by atoms with E-state index >= 15 is 0 Å². The van der Waals surface area contributed by atoms with Crippen LogP contribution in [-0.2, 0) is 0 Å². The highest BCUT2D eigenvalue weighted by Crippen LogP contribution is 2.26. The average molecular weight is 353 g/mol. The van der Waals surface area contributed by atoms with Crippen LogP contribution in [0.25, 0.3) is 5.69 Å². The quantitative estimate of drug-likeness (QED) is 0.759. The lowest BCUT2D eigenvalue weighted by molar-refractivity contribution is 0.0934. The second-order valence-corrected chi connectivity index (χ2v) is 6.00. The Morgan fingerprint density at radius 1 is 1.19 bits per heavy atom. The SMILES string of the molecule is COc1ccc(F)cc1C(C)NC(=O)c1cc(C)n(-c2ccccc2)n1. The van der Waals surface area contributed by atoms with Crippen LogP contribution in [-0.4, -0.2) is 22.8 Å². The number of hydrogen-bond donors (Lipinski definition) is 1. The molecule has 1 atom stereocenters. The van der Waals surface area contributed by atoms with E-state index in [0.29, 0.717) is 17.0 Å². The molecule has 5 nitrogen and oxygen atoms in total. The second kappa shape index (κ2) is 7.39. The number of aromatic nitrogens is 2. The molecule has 1 N–H and O–H groups in total. The summed E-state index contributed by atoms with van der Waals surface area (Å²) >= 11 is 0. The molecular formula is C20H20FN3O2. The summed E-state index contributed by atoms with van der Waals surface area (Å²) in [6.45, 7) is 3.66. The zero-order chi connectivity index (χ0) is 18.7. The Morgan fingerprint density at radius 2 is 1.92 bits per heavy atom. The summed E-state index contributed by atoms with van der Waals surface area (Å²) in [5, 5.41) is 7.23. The summed E-state index contributed by atoms with van der Waals surface area (Å²) in [6.07, 6.45) is 0. The molecule has 1 unspecified atom stereocenters. The smallest absolute Gasteiger partial charge is 0.272 e. The Hall–Kier alpha value is -3.15. The molecule has 26 heavy (non-hydrogen) atoms. The largest absolute Gasteiger partial charge is 0.496 e. The number of halogens is 1. The van der Waals surface area contributed by atoms with Gasteiger partial charge in [-0.05, 0) is 50.2 Å². The van der Waals surface area contributed by atoms with Gasteiger partial charge in [-0.3, -0.25) is 4.79 Å². The van der Waals surface area contributed by atoms with Crippen molar-refractivity contribution in [2.24, 2.45) is 0 Å². The van der Waals surface area contributed by atoms with Gasteiger partial charge in [-0.2, -0.15) is 5.10 Å². The van der Waals surface area contributed by atoms with E-state index in [4.69, 9.17) is 4.74 Å². The number of benzene rings is 2. The van der Waals surface area contributed by atoms with Gasteiger partial charge in [0.25, 0.3) is 5.91 Å². The number of hydrogen-bond acceptors (Lipinski definition) is 3. The van der Waals surface area contributed by atoms with Gasteiger partial charge in [0.1, 0.15) is 11.6 Å². The van der Waals surface area contributed by atoms with Gasteiger partial charge in [0.05, 0.1) is 18.8 Å². The molecule has 0 bridgehead atoms. The summed E-state index contributed by atoms with van der Waals surface area (Å²) in [7, 11) is 1.51. The van der Waals surface area contributed by atoms with Crippen molar-refractivity contribution in [1.29, 1.82) is 0 Å². The predicted octanol–water partition coefficient (Wildman–Crippen LogP) is 3.82. The minimum absolute atomic E-state index is 0.300. The molecule has 1 aromatic heterocycles. The lowest BCUT2D eigenvalue weighted by atomic mass is 10.1. The first kappa shape index (κ1) is 17.7. The van der Waals surface area contributed by atoms with Crippen molar-refractivity contribution in [3.8, 4) is 11.4 Å². The number of aryl methyl sites for hydroxylation is 1. The van der Waals surface area contributed by atoms with Gasteiger partial charge < -0.3 is 10.1 Å². The van der Waals surface area contributed by atoms with Crippen molar-refractivity contribution >= 4 is 5.91 Å². The maximum absolute atomic E-state index is 13.6. The van der Waals surface area contributed by atoms with Gasteiger partial charge in [-0.25, -0.2) is 9.07 Å². The number of nitrogens with one attached hydrogen (secondary N) is 1. The minimum atomic E-state index is -0.435. The van der Waals surface area contributed by atoms with E-state index in [1.807, 2.05) is 37.3 Å². The first-order valence-electron chi connectivity index (χ1n) is 8.26. The first-order valence-corrected chi connectivity index (χ1v) is 8.26. The summed E-state index contributed by atoms with van der Waals surface area (Å²) in [6, 6.07) is 15.1. The lowest BCUT2D eigenvalue weighted by Crippen LogP contribution is -2.27. The normalized spacial score (nSPS) is 11.8. The molecule has 0 aliphatic heterocycles. The highest BCUT2D eigenvalue weighted by molar-refractivity contribution is 5.92. The number of rotatable bonds is 5. The van der Waals surface area contributed by atoms with Crippen LogP contribution >= 0.6 is 0 Å². The number of ether oxygens (including phenoxy) is 1. The summed E-state index contributed by atoms with van der Waals surface area (Å²) in [5.41, 5.74) is 2.59. The molecule has 0 saturated carbocycles. The van der Waals surface area contributed by atoms with Crippen molar-refractivity contribution in [1.82, 2.24) is 15.1 Å². The van der Waals surface area contributed by atoms with Gasteiger partial charge >= 0.3 is 0 Å². The fourth-order valence-electron chi connectivity index (χ4n) is 2.81. The Bertz CT molecular complexity index is 922. The van der Waals surface area contributed by atoms with Crippen molar-refractivity contribution in [2.75, 3.05) is 7.11 Å². The van der Waals surface area contributed by atoms with E-state index < -0.39 is 6.04 Å². The van der Waals surface area contributed by atoms with Crippen LogP contribution in [0.2, 0.25) is 0 Å². The van der Waals surface area contributed by atoms with Crippen molar-refractivity contribution in [3.05, 3.63) is 77.4 Å². The van der Waals surface area contributed by atoms with Gasteiger partial charge in [-0.1, -0.05) is 18.2 Å². The Balaban J connectivity index is 1.82. The van der Waals surface area contributed by atoms with Crippen LogP contribution in [0.5, 0.6) is 5.75 Å². The molecule has 2 aromatic carbocycles. The lowest BCUT2D eigenvalue weighted by Gasteiger charge is -2.16. The fourth-order valence-corrected chi connectivity index (χ4v) is 2.81. The monoisotopic (exact) mass is 353 g/mol. The number of para-hydroxylation sites is 1. The van der Waals surface area contributed by atoms with Crippen molar-refractivity contribution in [3.63, 3.8) is 0 Å². The molecule has 0 fully saturated rings. The maximum atomic E-state index is 13.6. The van der Waals surface area contributed by atoms with E-state index in [-0.39, 0.29) is 11.7 Å². The predicted molar refractivity (Wildman–Crippen MR) is 97.1 cm³/mol. The summed E-state index contributed by atoms with van der Waals surface area (Å²) < 4.78 is 20.5. The third-order valence-corrected chi connectivity index (χ3v) is 4.13. The second-order valence-electron chi connectivity index (χ2n) is 6.00. The Morgan fingerprint density at radius 3 is 2.62 bits per heavy atom. The van der Waals surface area contributed by atoms with Gasteiger partial charge in [-0.15, -0.1) is 0 Å². The molecule has 3 rings (SSSR count). The molecule has 0 aliphatic rings. The summed E-state index contributed by atoms with van der Waals surface area (Å²) in [5.74, 6) is -0.196. The van der Waals surface area contributed by atoms with E-state index in [1.54, 1.807) is 23.7 Å². The van der Waals surface area contributed by atoms with Crippen molar-refractivity contribution in [2.45, 2.75) is 19.9 Å². The first-order chi connectivity index (χ1) is 12.5. The van der Waals surface area contributed by atoms with Gasteiger partial charge in [0.15, 0.2) is 5.69 Å². The molecule has 3 aromatic rings. The highest BCUT2D eigenvalue weighted by Gasteiger charge is 2.19. The molecule has 0 spiro atoms. The Labute approximate surface area is 151 Å². The van der Waals surface area contributed by atoms with E-state index in [1.165, 1.54) is 19.2 Å². The maximum Gasteiger partial charge on any atom is 0.272 e. The fraction of sp³-hybridized carbons (Fsp3) is 0.200. The average Bonchev–Trinajstić information content (AvgIpc) is 3.04. The van der Waals surface area contributed by atoms with Crippen LogP contribution in [0, 0.1) is 12.7 Å². The molecule has 0 aliphatic carbocycles. The third kappa shape index (κ3) is 3.59. The topological polar surface area (TPSA) is 56.1 Å². The molecule has 1 amide bonds. The van der Waals surface area contributed by atoms with Crippen LogP contribution in [0.15, 0.2) is 54.6 Å². The molecule has 0 radical (unpaired) electrons. The molecule has 6 heteroatoms. The van der Waals surface area contributed by atoms with Crippen LogP contribution in [0.3, 0.4) is 0 Å². The Kier molecular flexibility index (Phi) is 5.02. The number of amides is 1. The zero-order valence-corrected chi connectivity index (χ0v) is 14.9. The summed E-state index contributed by atoms with van der Waals surface area (Å²) in [4.78, 5) is 12.6. The highest BCUT2D eigenvalue weighted by atomic mass is 19.1. The van der Waals surface area contributed by atoms with E-state index in [0.717, 1.165) is 11.4 Å². The molecule has 134 valence electrons. The van der Waals surface area contributed by atoms with Crippen LogP contribution in [0.4, 0.5) is 4.39 Å². The number of nitrogens with zero attached hydrogens (tertiary/aromatic N) is 2. The van der Waals surface area contributed by atoms with Crippen LogP contribution in [0.1, 0.15) is 34.7 Å². The van der Waals surface area contributed by atoms with E-state index in [2.05, 4.69) is 10.4 Å². The number of methoxy groups -OCH3 is 1. The van der Waals surface area contributed by atoms with E-state index in [9.17, 15) is 9.18 Å². The van der Waals surface area contributed by atoms with Crippen LogP contribution < -0.4 is 10.1 Å². The molecule has 0 saturated heterocycles. The standard InChI is InChI=1S/C20H20FN3O2/c1-13-11-18(23-24(13)16-7-5-4-6-8-16)20(25)22-14(2)17-12-15(21)9-10-19(17)26-3/h4-12,14H,1-3H3,(H,22,25). The molecule has 1 heterocycles. The minimum Gasteiger partial charge on any atom is -0.496 e. The van der Waals surface area contributed by atoms with Crippen molar-refractivity contribution < 1.29 is 13.9 Å².